The summed E-state index contributed by atoms with van der Waals surface area (Å²) in [5.74, 6) is -0.209. The number of alkyl halides is 3. The molecule has 2 aromatic carbocycles. The number of ether oxygens (including phenoxy) is 1. The molecule has 27 heavy (non-hydrogen) atoms. The first-order chi connectivity index (χ1) is 12.7. The van der Waals surface area contributed by atoms with E-state index in [1.807, 2.05) is 30.3 Å². The number of benzene rings is 2. The van der Waals surface area contributed by atoms with Crippen molar-refractivity contribution in [1.29, 1.82) is 0 Å². The molecular weight excluding hydrogens is 379 g/mol. The van der Waals surface area contributed by atoms with E-state index < -0.39 is 33.9 Å². The Morgan fingerprint density at radius 3 is 2.48 bits per heavy atom. The largest absolute Gasteiger partial charge is 0.416 e. The molecule has 0 N–H and O–H groups in total. The summed E-state index contributed by atoms with van der Waals surface area (Å²) in [6.45, 7) is 1.61. The molecule has 0 unspecified atom stereocenters. The minimum Gasteiger partial charge on any atom is -0.371 e. The quantitative estimate of drug-likeness (QED) is 0.784. The van der Waals surface area contributed by atoms with Gasteiger partial charge in [-0.25, -0.2) is 8.42 Å². The topological polar surface area (TPSA) is 46.6 Å². The van der Waals surface area contributed by atoms with Crippen molar-refractivity contribution in [3.63, 3.8) is 0 Å². The van der Waals surface area contributed by atoms with Gasteiger partial charge in [-0.05, 0) is 24.1 Å². The fourth-order valence-electron chi connectivity index (χ4n) is 3.23. The lowest BCUT2D eigenvalue weighted by Gasteiger charge is -2.31. The maximum atomic E-state index is 13.0. The molecule has 146 valence electrons. The standard InChI is InChI=1S/C19H20F3NO3S/c1-14-18(16-7-3-2-4-8-16)26-10-11-27(24,25)23(14)13-15-6-5-9-17(12-15)19(20,21)22/h2-9,12,14,18H,10-11,13H2,1H3/t14-,18-/m1/s1. The minimum atomic E-state index is -4.48. The van der Waals surface area contributed by atoms with Crippen molar-refractivity contribution >= 4 is 10.0 Å². The molecule has 0 spiro atoms. The van der Waals surface area contributed by atoms with Crippen LogP contribution in [-0.2, 0) is 27.5 Å². The Morgan fingerprint density at radius 2 is 1.81 bits per heavy atom. The highest BCUT2D eigenvalue weighted by atomic mass is 32.2. The molecule has 1 saturated heterocycles. The molecule has 0 aromatic heterocycles. The fraction of sp³-hybridized carbons (Fsp3) is 0.368. The van der Waals surface area contributed by atoms with E-state index in [1.54, 1.807) is 6.92 Å². The predicted molar refractivity (Wildman–Crippen MR) is 95.4 cm³/mol. The molecule has 3 rings (SSSR count). The van der Waals surface area contributed by atoms with Crippen LogP contribution in [0.5, 0.6) is 0 Å². The van der Waals surface area contributed by atoms with Crippen LogP contribution in [-0.4, -0.2) is 31.1 Å². The van der Waals surface area contributed by atoms with Gasteiger partial charge in [0, 0.05) is 6.54 Å². The van der Waals surface area contributed by atoms with E-state index in [-0.39, 0.29) is 24.5 Å². The Morgan fingerprint density at radius 1 is 1.11 bits per heavy atom. The second-order valence-corrected chi connectivity index (χ2v) is 8.54. The Bertz CT molecular complexity index is 885. The summed E-state index contributed by atoms with van der Waals surface area (Å²) in [5.41, 5.74) is 0.320. The van der Waals surface area contributed by atoms with E-state index in [2.05, 4.69) is 0 Å². The maximum Gasteiger partial charge on any atom is 0.416 e. The minimum absolute atomic E-state index is 0.0331. The highest BCUT2D eigenvalue weighted by Crippen LogP contribution is 2.33. The van der Waals surface area contributed by atoms with Crippen molar-refractivity contribution in [2.75, 3.05) is 12.4 Å². The first-order valence-corrected chi connectivity index (χ1v) is 10.1. The summed E-state index contributed by atoms with van der Waals surface area (Å²) < 4.78 is 71.3. The molecule has 1 fully saturated rings. The average Bonchev–Trinajstić information content (AvgIpc) is 2.73. The lowest BCUT2D eigenvalue weighted by Crippen LogP contribution is -2.40. The Balaban J connectivity index is 1.93. The summed E-state index contributed by atoms with van der Waals surface area (Å²) in [7, 11) is -3.67. The van der Waals surface area contributed by atoms with Crippen LogP contribution in [0, 0.1) is 0 Å². The number of halogens is 3. The smallest absolute Gasteiger partial charge is 0.371 e. The van der Waals surface area contributed by atoms with Crippen LogP contribution in [0.1, 0.15) is 29.7 Å². The molecule has 0 amide bonds. The van der Waals surface area contributed by atoms with Gasteiger partial charge in [-0.1, -0.05) is 48.5 Å². The monoisotopic (exact) mass is 399 g/mol. The molecule has 2 atom stereocenters. The third kappa shape index (κ3) is 4.51. The lowest BCUT2D eigenvalue weighted by atomic mass is 10.0. The van der Waals surface area contributed by atoms with Gasteiger partial charge < -0.3 is 4.74 Å². The molecule has 1 heterocycles. The normalized spacial score (nSPS) is 23.7. The van der Waals surface area contributed by atoms with Crippen molar-refractivity contribution < 1.29 is 26.3 Å². The number of sulfonamides is 1. The third-order valence-electron chi connectivity index (χ3n) is 4.61. The molecule has 1 aliphatic heterocycles. The number of hydrogen-bond donors (Lipinski definition) is 0. The second kappa shape index (κ2) is 7.61. The molecule has 0 saturated carbocycles. The van der Waals surface area contributed by atoms with Crippen LogP contribution in [0.3, 0.4) is 0 Å². The Hall–Kier alpha value is -1.90. The van der Waals surface area contributed by atoms with E-state index in [0.29, 0.717) is 0 Å². The second-order valence-electron chi connectivity index (χ2n) is 6.50. The summed E-state index contributed by atoms with van der Waals surface area (Å²) in [6.07, 6.45) is -4.97. The molecule has 0 radical (unpaired) electrons. The van der Waals surface area contributed by atoms with Gasteiger partial charge >= 0.3 is 6.18 Å². The van der Waals surface area contributed by atoms with Gasteiger partial charge in [0.15, 0.2) is 0 Å². The Labute approximate surface area is 156 Å². The van der Waals surface area contributed by atoms with Gasteiger partial charge in [-0.3, -0.25) is 0 Å². The molecule has 1 aliphatic rings. The van der Waals surface area contributed by atoms with Crippen molar-refractivity contribution in [1.82, 2.24) is 4.31 Å². The van der Waals surface area contributed by atoms with Crippen molar-refractivity contribution in [3.8, 4) is 0 Å². The van der Waals surface area contributed by atoms with Crippen LogP contribution in [0.2, 0.25) is 0 Å². The first-order valence-electron chi connectivity index (χ1n) is 8.51. The molecule has 0 aliphatic carbocycles. The number of rotatable bonds is 3. The van der Waals surface area contributed by atoms with Gasteiger partial charge in [0.25, 0.3) is 0 Å². The van der Waals surface area contributed by atoms with E-state index in [0.717, 1.165) is 17.7 Å². The van der Waals surface area contributed by atoms with Gasteiger partial charge in [-0.15, -0.1) is 0 Å². The predicted octanol–water partition coefficient (Wildman–Crippen LogP) is 4.00. The van der Waals surface area contributed by atoms with Crippen LogP contribution >= 0.6 is 0 Å². The van der Waals surface area contributed by atoms with Crippen LogP contribution in [0.4, 0.5) is 13.2 Å². The maximum absolute atomic E-state index is 13.0. The number of nitrogens with zero attached hydrogens (tertiary/aromatic N) is 1. The van der Waals surface area contributed by atoms with Crippen molar-refractivity contribution in [2.24, 2.45) is 0 Å². The highest BCUT2D eigenvalue weighted by molar-refractivity contribution is 7.89. The summed E-state index contributed by atoms with van der Waals surface area (Å²) >= 11 is 0. The van der Waals surface area contributed by atoms with Crippen molar-refractivity contribution in [3.05, 3.63) is 71.3 Å². The average molecular weight is 399 g/mol. The molecule has 8 heteroatoms. The van der Waals surface area contributed by atoms with Gasteiger partial charge in [0.1, 0.15) is 0 Å². The highest BCUT2D eigenvalue weighted by Gasteiger charge is 2.37. The zero-order valence-corrected chi connectivity index (χ0v) is 15.5. The van der Waals surface area contributed by atoms with Gasteiger partial charge in [0.05, 0.1) is 30.1 Å². The zero-order valence-electron chi connectivity index (χ0n) is 14.7. The molecule has 0 bridgehead atoms. The van der Waals surface area contributed by atoms with E-state index in [1.165, 1.54) is 16.4 Å². The SMILES string of the molecule is C[C@@H]1[C@H](c2ccccc2)OCCS(=O)(=O)N1Cc1cccc(C(F)(F)F)c1. The van der Waals surface area contributed by atoms with Crippen LogP contribution < -0.4 is 0 Å². The van der Waals surface area contributed by atoms with Crippen LogP contribution in [0.15, 0.2) is 54.6 Å². The van der Waals surface area contributed by atoms with E-state index in [9.17, 15) is 21.6 Å². The molecular formula is C19H20F3NO3S. The van der Waals surface area contributed by atoms with Gasteiger partial charge in [-0.2, -0.15) is 17.5 Å². The lowest BCUT2D eigenvalue weighted by molar-refractivity contribution is -0.137. The van der Waals surface area contributed by atoms with Crippen LogP contribution in [0.25, 0.3) is 0 Å². The Kier molecular flexibility index (Phi) is 5.60. The third-order valence-corrected chi connectivity index (χ3v) is 6.47. The summed E-state index contributed by atoms with van der Waals surface area (Å²) in [6, 6.07) is 13.4. The van der Waals surface area contributed by atoms with E-state index in [4.69, 9.17) is 4.74 Å². The summed E-state index contributed by atoms with van der Waals surface area (Å²) in [4.78, 5) is 0. The van der Waals surface area contributed by atoms with E-state index >= 15 is 0 Å². The zero-order chi connectivity index (χ0) is 19.7. The fourth-order valence-corrected chi connectivity index (χ4v) is 4.73. The van der Waals surface area contributed by atoms with Crippen molar-refractivity contribution in [2.45, 2.75) is 31.8 Å². The summed E-state index contributed by atoms with van der Waals surface area (Å²) in [5, 5.41) is 0. The van der Waals surface area contributed by atoms with Gasteiger partial charge in [0.2, 0.25) is 10.0 Å². The first kappa shape index (κ1) is 19.9. The molecule has 4 nitrogen and oxygen atoms in total. The number of hydrogen-bond acceptors (Lipinski definition) is 3. The molecule has 2 aromatic rings.